The molecule has 5 aliphatic heterocycles. The number of aryl methyl sites for hydroxylation is 5. The molecule has 32 heteroatoms. The quantitative estimate of drug-likeness (QED) is 0.0109. The monoisotopic (exact) mass is 2120 g/mol. The van der Waals surface area contributed by atoms with E-state index in [1.54, 1.807) is 61.1 Å². The van der Waals surface area contributed by atoms with Gasteiger partial charge in [-0.25, -0.2) is 0 Å². The van der Waals surface area contributed by atoms with Crippen LogP contribution < -0.4 is 56.7 Å². The van der Waals surface area contributed by atoms with E-state index < -0.39 is 0 Å². The summed E-state index contributed by atoms with van der Waals surface area (Å²) in [5.74, 6) is 0.0674. The zero-order valence-electron chi connectivity index (χ0n) is 78.1. The van der Waals surface area contributed by atoms with Crippen molar-refractivity contribution in [1.82, 2.24) is 45.5 Å². The molecule has 12 aromatic rings. The number of hydrogen-bond donors (Lipinski definition) is 11. The Kier molecular flexibility index (Phi) is 33.8. The maximum atomic E-state index is 13.4. The number of aromatic nitrogens is 2. The van der Waals surface area contributed by atoms with Gasteiger partial charge in [-0.1, -0.05) is 0 Å². The second kappa shape index (κ2) is 46.3. The average molecular weight is 2110 g/mol. The van der Waals surface area contributed by atoms with Crippen molar-refractivity contribution in [2.24, 2.45) is 0 Å². The molecule has 0 atom stereocenters. The Bertz CT molecular complexity index is 6490. The van der Waals surface area contributed by atoms with Crippen LogP contribution in [0.1, 0.15) is 146 Å². The van der Waals surface area contributed by atoms with E-state index >= 15 is 0 Å². The van der Waals surface area contributed by atoms with Gasteiger partial charge in [-0.3, -0.25) is 0 Å². The summed E-state index contributed by atoms with van der Waals surface area (Å²) in [6, 6.07) is 44.8. The molecule has 0 spiro atoms. The summed E-state index contributed by atoms with van der Waals surface area (Å²) in [7, 11) is 4.53. The van der Waals surface area contributed by atoms with Crippen molar-refractivity contribution >= 4 is 175 Å². The second-order valence-electron chi connectivity index (χ2n) is 32.9. The minimum atomic E-state index is -0.384. The fourth-order valence-electron chi connectivity index (χ4n) is 16.5. The molecule has 0 unspecified atom stereocenters. The number of nitrogens with one attached hydrogen (secondary N) is 8. The number of imidazole rings is 1. The van der Waals surface area contributed by atoms with Crippen molar-refractivity contribution in [1.29, 1.82) is 0 Å². The van der Waals surface area contributed by atoms with Crippen molar-refractivity contribution in [3.05, 3.63) is 256 Å². The number of fused-ring (bicyclic) bond motifs is 4. The van der Waals surface area contributed by atoms with Gasteiger partial charge in [-0.15, -0.1) is 0 Å². The number of hydrogen-bond acceptors (Lipinski definition) is 18. The molecule has 0 bridgehead atoms. The Balaban J connectivity index is 0.000000147. The summed E-state index contributed by atoms with van der Waals surface area (Å²) in [4.78, 5) is 112. The molecular formula is C105H110FN13O14Se4. The third-order valence-electron chi connectivity index (χ3n) is 24.1. The Morgan fingerprint density at radius 3 is 1.04 bits per heavy atom. The number of likely N-dealkylation sites (N-methyl/N-ethyl adjacent to an activating group) is 2. The van der Waals surface area contributed by atoms with Crippen molar-refractivity contribution in [3.63, 3.8) is 0 Å². The van der Waals surface area contributed by atoms with E-state index in [9.17, 15) is 58.1 Å². The molecule has 0 saturated carbocycles. The third-order valence-corrected chi connectivity index (χ3v) is 32.5. The number of carbonyl (C=O) groups is 8. The number of carbonyl (C=O) groups excluding carboxylic acids is 8. The number of methoxy groups -OCH3 is 3. The van der Waals surface area contributed by atoms with Gasteiger partial charge in [0.25, 0.3) is 0 Å². The number of nitrogens with zero attached hydrogens (tertiary/aromatic N) is 5. The van der Waals surface area contributed by atoms with Crippen molar-refractivity contribution < 1.29 is 72.3 Å². The van der Waals surface area contributed by atoms with Crippen LogP contribution in [0.25, 0.3) is 80.0 Å². The van der Waals surface area contributed by atoms with Crippen LogP contribution in [-0.2, 0) is 25.7 Å². The zero-order chi connectivity index (χ0) is 97.3. The average Bonchev–Trinajstić information content (AvgIpc) is 1.66. The number of rotatable bonds is 31. The number of halogens is 1. The van der Waals surface area contributed by atoms with Gasteiger partial charge in [0.15, 0.2) is 0 Å². The fourth-order valence-corrected chi connectivity index (χ4v) is 24.7. The Hall–Kier alpha value is -12.9. The molecular weight excluding hydrogens is 2000 g/mol. The minimum absolute atomic E-state index is 0.000192. The summed E-state index contributed by atoms with van der Waals surface area (Å²) >= 11 is -0.0477. The zero-order valence-corrected chi connectivity index (χ0v) is 84.9. The Morgan fingerprint density at radius 2 is 0.723 bits per heavy atom. The molecule has 137 heavy (non-hydrogen) atoms. The molecule has 27 nitrogen and oxygen atoms in total. The van der Waals surface area contributed by atoms with Gasteiger partial charge in [0.05, 0.1) is 0 Å². The van der Waals surface area contributed by atoms with E-state index in [4.69, 9.17) is 14.2 Å². The summed E-state index contributed by atoms with van der Waals surface area (Å²) < 4.78 is 39.2. The molecule has 17 rings (SSSR count). The van der Waals surface area contributed by atoms with Crippen LogP contribution >= 0.6 is 0 Å². The van der Waals surface area contributed by atoms with E-state index in [2.05, 4.69) is 89.9 Å². The topological polar surface area (TPSA) is 349 Å². The van der Waals surface area contributed by atoms with Crippen LogP contribution in [0.4, 0.5) is 27.1 Å². The Labute approximate surface area is 819 Å². The first-order valence-electron chi connectivity index (χ1n) is 45.3. The number of benzene rings is 7. The first kappa shape index (κ1) is 100. The summed E-state index contributed by atoms with van der Waals surface area (Å²) in [6.07, 6.45) is 16.2. The third kappa shape index (κ3) is 24.6. The van der Waals surface area contributed by atoms with Crippen LogP contribution in [0.3, 0.4) is 0 Å². The van der Waals surface area contributed by atoms with Crippen LogP contribution in [0.15, 0.2) is 170 Å². The predicted molar refractivity (Wildman–Crippen MR) is 543 cm³/mol. The van der Waals surface area contributed by atoms with Gasteiger partial charge in [0.2, 0.25) is 0 Å². The number of phenols is 3. The summed E-state index contributed by atoms with van der Waals surface area (Å²) in [6.45, 7) is 28.2. The molecule has 10 heterocycles. The van der Waals surface area contributed by atoms with Gasteiger partial charge < -0.3 is 0 Å². The molecule has 1 fully saturated rings. The van der Waals surface area contributed by atoms with Crippen molar-refractivity contribution in [3.8, 4) is 67.9 Å². The summed E-state index contributed by atoms with van der Waals surface area (Å²) in [5.41, 5.74) is 16.3. The molecule has 5 aromatic heterocycles. The van der Waals surface area contributed by atoms with E-state index in [1.165, 1.54) is 46.3 Å². The van der Waals surface area contributed by atoms with Gasteiger partial charge >= 0.3 is 825 Å². The first-order chi connectivity index (χ1) is 66.1. The van der Waals surface area contributed by atoms with Crippen LogP contribution in [-0.4, -0.2) is 251 Å². The predicted octanol–water partition coefficient (Wildman–Crippen LogP) is 14.4. The fraction of sp³-hybridized carbons (Fsp3) is 0.267. The molecule has 11 N–H and O–H groups in total. The molecule has 7 aromatic carbocycles. The molecule has 8 amide bonds. The van der Waals surface area contributed by atoms with E-state index in [-0.39, 0.29) is 128 Å². The van der Waals surface area contributed by atoms with Gasteiger partial charge in [0, 0.05) is 0 Å². The van der Waals surface area contributed by atoms with Crippen LogP contribution in [0.5, 0.6) is 34.5 Å². The van der Waals surface area contributed by atoms with Crippen LogP contribution in [0.2, 0.25) is 0 Å². The van der Waals surface area contributed by atoms with E-state index in [1.807, 2.05) is 154 Å². The number of anilines is 4. The number of amides is 8. The van der Waals surface area contributed by atoms with E-state index in [0.29, 0.717) is 93.7 Å². The normalized spacial score (nSPS) is 14.5. The van der Waals surface area contributed by atoms with Crippen molar-refractivity contribution in [2.75, 3.05) is 128 Å². The number of ether oxygens (including phenoxy) is 3. The second-order valence-corrected chi connectivity index (χ2v) is 43.7. The molecule has 0 aliphatic carbocycles. The number of likely N-dealkylation sites (tertiary alicyclic amines) is 1. The van der Waals surface area contributed by atoms with E-state index in [0.717, 1.165) is 180 Å². The molecule has 0 radical (unpaired) electrons. The number of phenolic OH excluding ortho intramolecular Hbond substituents is 3. The first-order valence-corrected chi connectivity index (χ1v) is 52.1. The number of aromatic hydroxyl groups is 3. The van der Waals surface area contributed by atoms with Gasteiger partial charge in [-0.05, 0) is 0 Å². The van der Waals surface area contributed by atoms with Gasteiger partial charge in [-0.2, -0.15) is 0 Å². The maximum absolute atomic E-state index is 13.4. The molecule has 5 aliphatic rings. The standard InChI is InChI=1S/C28H26N4O4Se.C28H29N3O4Se.C28H31N3O4Se.C21H24FN3O2Se/c1-17-22(27(34)30-8-3-10-32-11-9-29-16-32)14-20(37-17)15-23-21-6-4-18(12-24(21)31-28(23)35)19-5-7-25(33)26(13-19)36-2;1-17-22(27(33)29-9-12-31-10-3-4-11-31)15-20(36-17)16-23-21-7-5-18(13-24(21)30-28(23)34)19-6-8-25(32)26(14-19)35-2;1-5-31(6-2)12-11-29-27(33)22-15-20(36-17(22)3)16-23-21-9-7-18(13-24(21)30-28(23)34)19-8-10-25(32)26(14-19)35-4;1-4-25(5-2)9-8-23-20(26)17-11-15(28-13(17)3)12-18-16-7-6-14(22)10-19(16)24-21(18)27/h4-7,9,11-16,33H,3,8,10H2,1-2H3,(H,30,34)(H,31,35);5-8,13-16,32H,3-4,9-12H2,1-2H3,(H,29,33)(H,30,34);7-10,13-16,32H,5-6,11-12H2,1-4H3,(H,29,33)(H,30,34);6-7,10-12H,4-5,8-9H2,1-3H3,(H,23,26)(H,24,27)/b23-15-;2*23-16-;18-12-. The molecule has 710 valence electrons. The van der Waals surface area contributed by atoms with Crippen LogP contribution in [0, 0.1) is 33.5 Å². The Morgan fingerprint density at radius 1 is 0.416 bits per heavy atom. The SMILES string of the molecule is CCN(CC)CCNC(=O)c1cc(/C=C2\C(=O)Nc3cc(-c4ccc(O)c(OC)c4)ccc32)[se]c1C.CCN(CC)CCNC(=O)c1cc(/C=C2\C(=O)Nc3cc(F)ccc32)[se]c1C.COc1cc(-c2ccc3c(c2)NC(=O)/C3=C\c2cc(C(=O)NCCCn3ccnc3)c(C)[se]2)ccc1O.COc1cc(-c2ccc3c(c2)NC(=O)/C3=C\c2cc(C(=O)NCCN3CCCC3)c(C)[se]2)ccc1O. The van der Waals surface area contributed by atoms with Gasteiger partial charge in [0.1, 0.15) is 0 Å². The van der Waals surface area contributed by atoms with Crippen molar-refractivity contribution in [2.45, 2.75) is 81.2 Å². The molecule has 1 saturated heterocycles. The summed E-state index contributed by atoms with van der Waals surface area (Å²) in [5, 5.41) is 53.3.